The zero-order valence-corrected chi connectivity index (χ0v) is 10.1. The number of benzene rings is 1. The fourth-order valence-corrected chi connectivity index (χ4v) is 1.86. The largest absolute Gasteiger partial charge is 0.489 e. The van der Waals surface area contributed by atoms with Crippen LogP contribution in [0.25, 0.3) is 0 Å². The topological polar surface area (TPSA) is 29.5 Å². The first-order valence-electron chi connectivity index (χ1n) is 5.87. The zero-order chi connectivity index (χ0) is 12.4. The second-order valence-electron chi connectivity index (χ2n) is 4.26. The summed E-state index contributed by atoms with van der Waals surface area (Å²) in [5.74, 6) is 0.157. The molecule has 1 unspecified atom stereocenters. The first-order chi connectivity index (χ1) is 8.13. The lowest BCUT2D eigenvalue weighted by atomic mass is 10.1. The summed E-state index contributed by atoms with van der Waals surface area (Å²) in [6.07, 6.45) is 0.798. The van der Waals surface area contributed by atoms with Gasteiger partial charge in [0.2, 0.25) is 5.91 Å². The van der Waals surface area contributed by atoms with Crippen LogP contribution in [0, 0.1) is 11.7 Å². The van der Waals surface area contributed by atoms with Crippen molar-refractivity contribution in [3.05, 3.63) is 24.0 Å². The molecule has 1 aliphatic heterocycles. The Kier molecular flexibility index (Phi) is 3.31. The van der Waals surface area contributed by atoms with Crippen molar-refractivity contribution < 1.29 is 13.9 Å². The maximum absolute atomic E-state index is 13.1. The molecular weight excluding hydrogens is 221 g/mol. The number of halogens is 1. The van der Waals surface area contributed by atoms with Crippen LogP contribution in [0.5, 0.6) is 5.75 Å². The summed E-state index contributed by atoms with van der Waals surface area (Å²) in [6, 6.07) is 4.28. The minimum atomic E-state index is -0.346. The molecule has 0 fully saturated rings. The molecule has 0 spiro atoms. The van der Waals surface area contributed by atoms with Gasteiger partial charge in [-0.05, 0) is 18.6 Å². The number of nitrogens with zero attached hydrogens (tertiary/aromatic N) is 1. The van der Waals surface area contributed by atoms with E-state index in [2.05, 4.69) is 0 Å². The second kappa shape index (κ2) is 4.73. The van der Waals surface area contributed by atoms with E-state index in [4.69, 9.17) is 4.74 Å². The Morgan fingerprint density at radius 2 is 2.35 bits per heavy atom. The first-order valence-corrected chi connectivity index (χ1v) is 5.87. The predicted octanol–water partition coefficient (Wildman–Crippen LogP) is 2.60. The van der Waals surface area contributed by atoms with Crippen LogP contribution in [0.1, 0.15) is 20.3 Å². The van der Waals surface area contributed by atoms with E-state index in [1.165, 1.54) is 12.1 Å². The van der Waals surface area contributed by atoms with Crippen LogP contribution in [0.3, 0.4) is 0 Å². The van der Waals surface area contributed by atoms with Gasteiger partial charge in [-0.25, -0.2) is 4.39 Å². The molecule has 0 aromatic heterocycles. The third-order valence-electron chi connectivity index (χ3n) is 3.09. The van der Waals surface area contributed by atoms with Crippen LogP contribution in [0.15, 0.2) is 18.2 Å². The number of hydrogen-bond donors (Lipinski definition) is 0. The highest BCUT2D eigenvalue weighted by Crippen LogP contribution is 2.33. The van der Waals surface area contributed by atoms with E-state index in [1.54, 1.807) is 11.0 Å². The van der Waals surface area contributed by atoms with Crippen LogP contribution < -0.4 is 9.64 Å². The lowest BCUT2D eigenvalue weighted by Gasteiger charge is -2.31. The molecule has 4 heteroatoms. The molecule has 1 atom stereocenters. The van der Waals surface area contributed by atoms with Gasteiger partial charge < -0.3 is 9.64 Å². The van der Waals surface area contributed by atoms with Gasteiger partial charge in [-0.1, -0.05) is 13.8 Å². The van der Waals surface area contributed by atoms with E-state index in [0.29, 0.717) is 24.6 Å². The maximum atomic E-state index is 13.1. The highest BCUT2D eigenvalue weighted by molar-refractivity contribution is 5.96. The quantitative estimate of drug-likeness (QED) is 0.791. The minimum absolute atomic E-state index is 0.0222. The molecule has 17 heavy (non-hydrogen) atoms. The Balaban J connectivity index is 2.31. The molecule has 0 saturated carbocycles. The smallest absolute Gasteiger partial charge is 0.230 e. The second-order valence-corrected chi connectivity index (χ2v) is 4.26. The molecule has 3 nitrogen and oxygen atoms in total. The van der Waals surface area contributed by atoms with Crippen molar-refractivity contribution in [2.45, 2.75) is 20.3 Å². The van der Waals surface area contributed by atoms with E-state index >= 15 is 0 Å². The van der Waals surface area contributed by atoms with Crippen molar-refractivity contribution >= 4 is 11.6 Å². The number of fused-ring (bicyclic) bond motifs is 1. The molecular formula is C13H16FNO2. The van der Waals surface area contributed by atoms with Crippen molar-refractivity contribution in [2.75, 3.05) is 18.1 Å². The third kappa shape index (κ3) is 2.25. The molecule has 0 radical (unpaired) electrons. The van der Waals surface area contributed by atoms with Gasteiger partial charge in [0.25, 0.3) is 0 Å². The number of ether oxygens (including phenoxy) is 1. The van der Waals surface area contributed by atoms with Gasteiger partial charge in [0.15, 0.2) is 0 Å². The summed E-state index contributed by atoms with van der Waals surface area (Å²) in [5, 5.41) is 0. The molecule has 0 saturated heterocycles. The molecule has 1 amide bonds. The van der Waals surface area contributed by atoms with Crippen LogP contribution in [-0.4, -0.2) is 19.1 Å². The average Bonchev–Trinajstić information content (AvgIpc) is 2.35. The van der Waals surface area contributed by atoms with E-state index in [1.807, 2.05) is 13.8 Å². The summed E-state index contributed by atoms with van der Waals surface area (Å²) in [7, 11) is 0. The van der Waals surface area contributed by atoms with Crippen LogP contribution in [-0.2, 0) is 4.79 Å². The summed E-state index contributed by atoms with van der Waals surface area (Å²) in [6.45, 7) is 4.83. The van der Waals surface area contributed by atoms with Crippen molar-refractivity contribution in [2.24, 2.45) is 5.92 Å². The minimum Gasteiger partial charge on any atom is -0.489 e. The molecule has 1 heterocycles. The summed E-state index contributed by atoms with van der Waals surface area (Å²) < 4.78 is 18.4. The van der Waals surface area contributed by atoms with Crippen molar-refractivity contribution in [1.82, 2.24) is 0 Å². The molecule has 0 N–H and O–H groups in total. The Bertz CT molecular complexity index is 433. The van der Waals surface area contributed by atoms with Gasteiger partial charge in [-0.15, -0.1) is 0 Å². The third-order valence-corrected chi connectivity index (χ3v) is 3.09. The van der Waals surface area contributed by atoms with Crippen molar-refractivity contribution in [1.29, 1.82) is 0 Å². The van der Waals surface area contributed by atoms with E-state index in [-0.39, 0.29) is 17.6 Å². The standard InChI is InChI=1S/C13H16FNO2/c1-3-9(2)13(16)15-6-7-17-12-8-10(14)4-5-11(12)15/h4-5,8-9H,3,6-7H2,1-2H3. The van der Waals surface area contributed by atoms with Gasteiger partial charge in [-0.3, -0.25) is 4.79 Å². The predicted molar refractivity (Wildman–Crippen MR) is 63.7 cm³/mol. The maximum Gasteiger partial charge on any atom is 0.230 e. The number of rotatable bonds is 2. The summed E-state index contributed by atoms with van der Waals surface area (Å²) >= 11 is 0. The van der Waals surface area contributed by atoms with Gasteiger partial charge in [0.1, 0.15) is 18.2 Å². The Morgan fingerprint density at radius 1 is 1.59 bits per heavy atom. The van der Waals surface area contributed by atoms with E-state index in [0.717, 1.165) is 6.42 Å². The molecule has 0 bridgehead atoms. The van der Waals surface area contributed by atoms with Crippen molar-refractivity contribution in [3.63, 3.8) is 0 Å². The van der Waals surface area contributed by atoms with Crippen LogP contribution >= 0.6 is 0 Å². The van der Waals surface area contributed by atoms with Gasteiger partial charge >= 0.3 is 0 Å². The molecule has 92 valence electrons. The summed E-state index contributed by atoms with van der Waals surface area (Å²) in [4.78, 5) is 13.8. The Hall–Kier alpha value is -1.58. The summed E-state index contributed by atoms with van der Waals surface area (Å²) in [5.41, 5.74) is 0.669. The van der Waals surface area contributed by atoms with Gasteiger partial charge in [-0.2, -0.15) is 0 Å². The molecule has 1 aromatic carbocycles. The van der Waals surface area contributed by atoms with Crippen LogP contribution in [0.2, 0.25) is 0 Å². The highest BCUT2D eigenvalue weighted by Gasteiger charge is 2.26. The Morgan fingerprint density at radius 3 is 3.06 bits per heavy atom. The van der Waals surface area contributed by atoms with Gasteiger partial charge in [0.05, 0.1) is 12.2 Å². The average molecular weight is 237 g/mol. The molecule has 1 aliphatic rings. The molecule has 0 aliphatic carbocycles. The zero-order valence-electron chi connectivity index (χ0n) is 10.1. The van der Waals surface area contributed by atoms with Crippen molar-refractivity contribution in [3.8, 4) is 5.75 Å². The Labute approximate surface area is 100 Å². The van der Waals surface area contributed by atoms with Gasteiger partial charge in [0, 0.05) is 12.0 Å². The lowest BCUT2D eigenvalue weighted by molar-refractivity contribution is -0.122. The van der Waals surface area contributed by atoms with Crippen LogP contribution in [0.4, 0.5) is 10.1 Å². The number of amides is 1. The fourth-order valence-electron chi connectivity index (χ4n) is 1.86. The first kappa shape index (κ1) is 11.9. The monoisotopic (exact) mass is 237 g/mol. The normalized spacial score (nSPS) is 16.1. The fraction of sp³-hybridized carbons (Fsp3) is 0.462. The number of anilines is 1. The number of carbonyl (C=O) groups excluding carboxylic acids is 1. The van der Waals surface area contributed by atoms with E-state index in [9.17, 15) is 9.18 Å². The highest BCUT2D eigenvalue weighted by atomic mass is 19.1. The molecule has 2 rings (SSSR count). The SMILES string of the molecule is CCC(C)C(=O)N1CCOc2cc(F)ccc21. The molecule has 1 aromatic rings. The van der Waals surface area contributed by atoms with E-state index < -0.39 is 0 Å². The lowest BCUT2D eigenvalue weighted by Crippen LogP contribution is -2.40. The number of carbonyl (C=O) groups is 1. The number of hydrogen-bond acceptors (Lipinski definition) is 2.